The summed E-state index contributed by atoms with van der Waals surface area (Å²) in [5, 5.41) is 3.32. The number of nitrogens with one attached hydrogen (secondary N) is 2. The number of halogens is 2. The molecule has 0 spiro atoms. The maximum Gasteiger partial charge on any atom is 0.242 e. The molecule has 1 fully saturated rings. The van der Waals surface area contributed by atoms with E-state index in [4.69, 9.17) is 23.2 Å². The van der Waals surface area contributed by atoms with Gasteiger partial charge in [-0.15, -0.1) is 0 Å². The van der Waals surface area contributed by atoms with Crippen molar-refractivity contribution in [2.75, 3.05) is 25.0 Å². The van der Waals surface area contributed by atoms with Crippen molar-refractivity contribution in [3.63, 3.8) is 0 Å². The van der Waals surface area contributed by atoms with Crippen LogP contribution in [0.15, 0.2) is 47.5 Å². The number of rotatable bonds is 7. The molecule has 11 heteroatoms. The Morgan fingerprint density at radius 2 is 1.94 bits per heavy atom. The molecule has 31 heavy (non-hydrogen) atoms. The van der Waals surface area contributed by atoms with Crippen LogP contribution >= 0.6 is 23.2 Å². The second kappa shape index (κ2) is 10.4. The molecule has 8 nitrogen and oxygen atoms in total. The van der Waals surface area contributed by atoms with Gasteiger partial charge in [0, 0.05) is 32.3 Å². The van der Waals surface area contributed by atoms with E-state index in [9.17, 15) is 18.0 Å². The molecule has 2 aromatic rings. The van der Waals surface area contributed by atoms with Gasteiger partial charge in [0.25, 0.3) is 0 Å². The Morgan fingerprint density at radius 3 is 2.65 bits per heavy atom. The number of pyridine rings is 1. The number of carbonyl (C=O) groups is 2. The van der Waals surface area contributed by atoms with Crippen molar-refractivity contribution >= 4 is 50.9 Å². The minimum absolute atomic E-state index is 0.0171. The lowest BCUT2D eigenvalue weighted by Crippen LogP contribution is -2.44. The van der Waals surface area contributed by atoms with Crippen molar-refractivity contribution in [1.29, 1.82) is 0 Å². The Hall–Kier alpha value is -2.20. The first kappa shape index (κ1) is 23.5. The summed E-state index contributed by atoms with van der Waals surface area (Å²) in [7, 11) is -3.81. The monoisotopic (exact) mass is 484 g/mol. The molecule has 0 bridgehead atoms. The Bertz CT molecular complexity index is 1050. The summed E-state index contributed by atoms with van der Waals surface area (Å²) in [6.07, 6.45) is 2.76. The van der Waals surface area contributed by atoms with Gasteiger partial charge >= 0.3 is 0 Å². The summed E-state index contributed by atoms with van der Waals surface area (Å²) in [5.74, 6) is -0.405. The minimum Gasteiger partial charge on any atom is -0.342 e. The highest BCUT2D eigenvalue weighted by atomic mass is 35.5. The number of anilines is 1. The van der Waals surface area contributed by atoms with Gasteiger partial charge in [-0.25, -0.2) is 18.1 Å². The van der Waals surface area contributed by atoms with Gasteiger partial charge in [-0.05, 0) is 37.1 Å². The van der Waals surface area contributed by atoms with E-state index < -0.39 is 10.0 Å². The topological polar surface area (TPSA) is 108 Å². The predicted octanol–water partition coefficient (Wildman–Crippen LogP) is 2.93. The van der Waals surface area contributed by atoms with Gasteiger partial charge in [0.05, 0.1) is 16.0 Å². The molecule has 166 valence electrons. The van der Waals surface area contributed by atoms with Crippen LogP contribution in [0.4, 0.5) is 5.82 Å². The van der Waals surface area contributed by atoms with Crippen molar-refractivity contribution in [3.05, 3.63) is 52.6 Å². The van der Waals surface area contributed by atoms with Gasteiger partial charge in [0.15, 0.2) is 0 Å². The van der Waals surface area contributed by atoms with Crippen LogP contribution in [-0.2, 0) is 19.6 Å². The molecule has 1 saturated heterocycles. The number of hydrogen-bond donors (Lipinski definition) is 2. The summed E-state index contributed by atoms with van der Waals surface area (Å²) in [6.45, 7) is 0.739. The van der Waals surface area contributed by atoms with Crippen molar-refractivity contribution in [1.82, 2.24) is 14.6 Å². The number of likely N-dealkylation sites (tertiary alicyclic amines) is 1. The Labute approximate surface area is 191 Å². The number of aromatic nitrogens is 1. The highest BCUT2D eigenvalue weighted by molar-refractivity contribution is 7.89. The third-order valence-electron chi connectivity index (χ3n) is 4.88. The number of nitrogens with zero attached hydrogens (tertiary/aromatic N) is 2. The van der Waals surface area contributed by atoms with E-state index in [0.717, 1.165) is 0 Å². The average molecular weight is 485 g/mol. The molecule has 0 saturated carbocycles. The molecule has 1 aromatic carbocycles. The lowest BCUT2D eigenvalue weighted by Gasteiger charge is -2.32. The van der Waals surface area contributed by atoms with Gasteiger partial charge < -0.3 is 10.2 Å². The molecule has 1 aromatic heterocycles. The van der Waals surface area contributed by atoms with Crippen molar-refractivity contribution in [3.8, 4) is 0 Å². The summed E-state index contributed by atoms with van der Waals surface area (Å²) in [5.41, 5.74) is 0. The van der Waals surface area contributed by atoms with Gasteiger partial charge in [-0.2, -0.15) is 0 Å². The molecule has 2 N–H and O–H groups in total. The fourth-order valence-electron chi connectivity index (χ4n) is 3.29. The van der Waals surface area contributed by atoms with Crippen LogP contribution in [0.2, 0.25) is 10.0 Å². The zero-order chi connectivity index (χ0) is 22.4. The van der Waals surface area contributed by atoms with Gasteiger partial charge in [0.1, 0.15) is 10.7 Å². The van der Waals surface area contributed by atoms with E-state index in [1.165, 1.54) is 18.3 Å². The van der Waals surface area contributed by atoms with E-state index >= 15 is 0 Å². The second-order valence-corrected chi connectivity index (χ2v) is 9.69. The largest absolute Gasteiger partial charge is 0.342 e. The molecular formula is C20H22Cl2N4O4S. The zero-order valence-corrected chi connectivity index (χ0v) is 18.9. The Morgan fingerprint density at radius 1 is 1.16 bits per heavy atom. The molecule has 0 aliphatic carbocycles. The van der Waals surface area contributed by atoms with Crippen molar-refractivity contribution < 1.29 is 18.0 Å². The number of piperidine rings is 1. The third kappa shape index (κ3) is 6.39. The van der Waals surface area contributed by atoms with Crippen LogP contribution in [0.3, 0.4) is 0 Å². The quantitative estimate of drug-likeness (QED) is 0.627. The second-order valence-electron chi connectivity index (χ2n) is 7.11. The molecular weight excluding hydrogens is 463 g/mol. The predicted molar refractivity (Wildman–Crippen MR) is 118 cm³/mol. The number of amides is 2. The first-order valence-electron chi connectivity index (χ1n) is 9.70. The number of sulfonamides is 1. The highest BCUT2D eigenvalue weighted by Crippen LogP contribution is 2.21. The maximum absolute atomic E-state index is 12.6. The van der Waals surface area contributed by atoms with Gasteiger partial charge in [-0.1, -0.05) is 35.3 Å². The average Bonchev–Trinajstić information content (AvgIpc) is 2.75. The Kier molecular flexibility index (Phi) is 7.88. The highest BCUT2D eigenvalue weighted by Gasteiger charge is 2.28. The van der Waals surface area contributed by atoms with Crippen molar-refractivity contribution in [2.45, 2.75) is 24.2 Å². The lowest BCUT2D eigenvalue weighted by molar-refractivity contribution is -0.134. The number of hydrogen-bond acceptors (Lipinski definition) is 5. The standard InChI is InChI=1S/C20H22Cl2N4O4S/c21-15-7-8-18(23-12-15)25-20(28)14-4-3-11-26(13-14)19(27)9-10-24-31(29,30)17-6-2-1-5-16(17)22/h1-2,5-8,12,14,24H,3-4,9-11,13H2,(H,23,25,28). The normalized spacial score (nSPS) is 16.7. The van der Waals surface area contributed by atoms with Crippen LogP contribution < -0.4 is 10.0 Å². The molecule has 2 heterocycles. The van der Waals surface area contributed by atoms with Crippen LogP contribution in [0.1, 0.15) is 19.3 Å². The van der Waals surface area contributed by atoms with E-state index in [1.54, 1.807) is 29.2 Å². The van der Waals surface area contributed by atoms with Crippen LogP contribution in [0, 0.1) is 5.92 Å². The fourth-order valence-corrected chi connectivity index (χ4v) is 4.95. The molecule has 1 unspecified atom stereocenters. The number of benzene rings is 1. The Balaban J connectivity index is 1.50. The van der Waals surface area contributed by atoms with Gasteiger partial charge in [-0.3, -0.25) is 9.59 Å². The zero-order valence-electron chi connectivity index (χ0n) is 16.6. The number of carbonyl (C=O) groups excluding carboxylic acids is 2. The molecule has 1 aliphatic rings. The summed E-state index contributed by atoms with van der Waals surface area (Å²) in [6, 6.07) is 9.33. The van der Waals surface area contributed by atoms with Crippen molar-refractivity contribution in [2.24, 2.45) is 5.92 Å². The molecule has 1 aliphatic heterocycles. The summed E-state index contributed by atoms with van der Waals surface area (Å²) in [4.78, 5) is 30.7. The SMILES string of the molecule is O=C(Nc1ccc(Cl)cn1)C1CCCN(C(=O)CCNS(=O)(=O)c2ccccc2Cl)C1. The maximum atomic E-state index is 12.6. The molecule has 2 amide bonds. The molecule has 3 rings (SSSR count). The van der Waals surface area contributed by atoms with Crippen LogP contribution in [0.5, 0.6) is 0 Å². The van der Waals surface area contributed by atoms with Crippen LogP contribution in [0.25, 0.3) is 0 Å². The summed E-state index contributed by atoms with van der Waals surface area (Å²) >= 11 is 11.7. The minimum atomic E-state index is -3.81. The molecule has 1 atom stereocenters. The third-order valence-corrected chi connectivity index (χ3v) is 7.07. The van der Waals surface area contributed by atoms with E-state index in [0.29, 0.717) is 30.2 Å². The van der Waals surface area contributed by atoms with E-state index in [2.05, 4.69) is 15.0 Å². The summed E-state index contributed by atoms with van der Waals surface area (Å²) < 4.78 is 27.1. The smallest absolute Gasteiger partial charge is 0.242 e. The first-order chi connectivity index (χ1) is 14.8. The van der Waals surface area contributed by atoms with Gasteiger partial charge in [0.2, 0.25) is 21.8 Å². The fraction of sp³-hybridized carbons (Fsp3) is 0.350. The molecule has 0 radical (unpaired) electrons. The van der Waals surface area contributed by atoms with E-state index in [1.807, 2.05) is 0 Å². The van der Waals surface area contributed by atoms with E-state index in [-0.39, 0.29) is 47.2 Å². The first-order valence-corrected chi connectivity index (χ1v) is 11.9. The van der Waals surface area contributed by atoms with Crippen LogP contribution in [-0.4, -0.2) is 49.8 Å². The lowest BCUT2D eigenvalue weighted by atomic mass is 9.97.